The van der Waals surface area contributed by atoms with Gasteiger partial charge in [0.25, 0.3) is 0 Å². The molecule has 164 valence electrons. The van der Waals surface area contributed by atoms with E-state index in [-0.39, 0.29) is 22.7 Å². The molecule has 6 nitrogen and oxygen atoms in total. The van der Waals surface area contributed by atoms with Crippen LogP contribution in [0.4, 0.5) is 10.1 Å². The van der Waals surface area contributed by atoms with E-state index in [4.69, 9.17) is 4.74 Å². The van der Waals surface area contributed by atoms with Gasteiger partial charge in [-0.3, -0.25) is 4.79 Å². The zero-order chi connectivity index (χ0) is 22.3. The van der Waals surface area contributed by atoms with Gasteiger partial charge in [-0.15, -0.1) is 0 Å². The first-order chi connectivity index (χ1) is 14.2. The number of anilines is 1. The normalized spacial score (nSPS) is 19.5. The maximum absolute atomic E-state index is 12.6. The Bertz CT molecular complexity index is 965. The van der Waals surface area contributed by atoms with Gasteiger partial charge in [0.15, 0.2) is 0 Å². The van der Waals surface area contributed by atoms with E-state index in [1.165, 1.54) is 22.5 Å². The molecule has 0 aliphatic carbocycles. The number of rotatable bonds is 5. The first-order valence-electron chi connectivity index (χ1n) is 9.75. The van der Waals surface area contributed by atoms with Crippen molar-refractivity contribution >= 4 is 22.0 Å². The smallest absolute Gasteiger partial charge is 0.243 e. The Kier molecular flexibility index (Phi) is 8.52. The van der Waals surface area contributed by atoms with Gasteiger partial charge in [-0.1, -0.05) is 19.1 Å². The zero-order valence-corrected chi connectivity index (χ0v) is 18.6. The van der Waals surface area contributed by atoms with Gasteiger partial charge in [-0.2, -0.15) is 4.31 Å². The van der Waals surface area contributed by atoms with E-state index >= 15 is 0 Å². The molecule has 1 N–H and O–H groups in total. The molecule has 2 aromatic rings. The minimum atomic E-state index is -3.54. The predicted octanol–water partition coefficient (Wildman–Crippen LogP) is 3.72. The summed E-state index contributed by atoms with van der Waals surface area (Å²) < 4.78 is 44.5. The molecule has 2 aromatic carbocycles. The van der Waals surface area contributed by atoms with Crippen molar-refractivity contribution in [2.75, 3.05) is 32.6 Å². The Morgan fingerprint density at radius 2 is 1.97 bits per heavy atom. The van der Waals surface area contributed by atoms with E-state index in [1.54, 1.807) is 38.3 Å². The summed E-state index contributed by atoms with van der Waals surface area (Å²) in [6, 6.07) is 11.1. The molecule has 2 unspecified atom stereocenters. The summed E-state index contributed by atoms with van der Waals surface area (Å²) in [6.45, 7) is 4.61. The summed E-state index contributed by atoms with van der Waals surface area (Å²) in [6.07, 6.45) is 1.44. The van der Waals surface area contributed by atoms with Crippen LogP contribution in [0.25, 0.3) is 0 Å². The maximum Gasteiger partial charge on any atom is 0.243 e. The van der Waals surface area contributed by atoms with Crippen LogP contribution in [0.1, 0.15) is 29.3 Å². The molecule has 1 aliphatic heterocycles. The van der Waals surface area contributed by atoms with Crippen molar-refractivity contribution in [2.24, 2.45) is 5.92 Å². The van der Waals surface area contributed by atoms with Gasteiger partial charge in [0.1, 0.15) is 12.1 Å². The van der Waals surface area contributed by atoms with Crippen molar-refractivity contribution in [1.82, 2.24) is 4.31 Å². The number of piperidine rings is 1. The second kappa shape index (κ2) is 10.7. The number of nitrogens with zero attached hydrogens (tertiary/aromatic N) is 1. The van der Waals surface area contributed by atoms with E-state index in [9.17, 15) is 17.6 Å². The lowest BCUT2D eigenvalue weighted by molar-refractivity contribution is 0.0201. The minimum Gasteiger partial charge on any atom is -0.388 e. The van der Waals surface area contributed by atoms with Crippen LogP contribution in [-0.4, -0.2) is 52.4 Å². The Morgan fingerprint density at radius 1 is 1.23 bits per heavy atom. The highest BCUT2D eigenvalue weighted by Crippen LogP contribution is 2.25. The third-order valence-electron chi connectivity index (χ3n) is 5.17. The van der Waals surface area contributed by atoms with Crippen molar-refractivity contribution in [2.45, 2.75) is 31.3 Å². The van der Waals surface area contributed by atoms with Crippen LogP contribution in [0.5, 0.6) is 0 Å². The molecule has 0 spiro atoms. The van der Waals surface area contributed by atoms with Gasteiger partial charge in [-0.05, 0) is 55.2 Å². The number of carbonyl (C=O) groups is 1. The average molecular weight is 437 g/mol. The Hall–Kier alpha value is -2.29. The molecule has 0 aromatic heterocycles. The molecule has 2 atom stereocenters. The average Bonchev–Trinajstić information content (AvgIpc) is 2.76. The number of methoxy groups -OCH3 is 1. The number of hydrogen-bond acceptors (Lipinski definition) is 5. The van der Waals surface area contributed by atoms with Crippen LogP contribution in [0, 0.1) is 18.7 Å². The van der Waals surface area contributed by atoms with Crippen LogP contribution < -0.4 is 5.32 Å². The number of ether oxygens (including phenoxy) is 1. The lowest BCUT2D eigenvalue weighted by Gasteiger charge is -2.35. The lowest BCUT2D eigenvalue weighted by atomic mass is 9.98. The molecule has 0 amide bonds. The topological polar surface area (TPSA) is 75.7 Å². The van der Waals surface area contributed by atoms with E-state index in [2.05, 4.69) is 5.32 Å². The standard InChI is InChI=1S/C14H19NO4S.C8H10FN/c1-11-9-15(7-6-14(11)19-2)20(17,18)13-5-3-4-12(8-13)10-16;1-6-5-7(10-2)3-4-8(6)9/h3-5,8,10-11,14H,6-7,9H2,1-2H3;3-5,10H,1-2H3. The number of nitrogens with one attached hydrogen (secondary N) is 1. The molecular weight excluding hydrogens is 407 g/mol. The van der Waals surface area contributed by atoms with Crippen molar-refractivity contribution in [3.05, 3.63) is 59.4 Å². The van der Waals surface area contributed by atoms with Gasteiger partial charge in [0.2, 0.25) is 10.0 Å². The minimum absolute atomic E-state index is 0.0998. The number of hydrogen-bond donors (Lipinski definition) is 1. The van der Waals surface area contributed by atoms with E-state index in [0.717, 1.165) is 5.69 Å². The van der Waals surface area contributed by atoms with Crippen molar-refractivity contribution in [1.29, 1.82) is 0 Å². The van der Waals surface area contributed by atoms with Crippen molar-refractivity contribution in [3.8, 4) is 0 Å². The van der Waals surface area contributed by atoms with E-state index in [1.807, 2.05) is 14.0 Å². The number of halogens is 1. The zero-order valence-electron chi connectivity index (χ0n) is 17.8. The monoisotopic (exact) mass is 436 g/mol. The van der Waals surface area contributed by atoms with Crippen molar-refractivity contribution < 1.29 is 22.3 Å². The molecule has 1 aliphatic rings. The van der Waals surface area contributed by atoms with Gasteiger partial charge in [0, 0.05) is 38.5 Å². The van der Waals surface area contributed by atoms with Gasteiger partial charge in [0.05, 0.1) is 11.0 Å². The number of sulfonamides is 1. The summed E-state index contributed by atoms with van der Waals surface area (Å²) in [5.41, 5.74) is 1.98. The number of aryl methyl sites for hydroxylation is 1. The molecule has 1 heterocycles. The SMILES string of the molecule is CNc1ccc(F)c(C)c1.COC1CCN(S(=O)(=O)c2cccc(C=O)c2)CC1C. The first kappa shape index (κ1) is 24.0. The summed E-state index contributed by atoms with van der Waals surface area (Å²) in [4.78, 5) is 10.9. The molecule has 8 heteroatoms. The molecule has 0 saturated carbocycles. The van der Waals surface area contributed by atoms with Gasteiger partial charge >= 0.3 is 0 Å². The fraction of sp³-hybridized carbons (Fsp3) is 0.409. The number of aldehydes is 1. The molecule has 0 radical (unpaired) electrons. The largest absolute Gasteiger partial charge is 0.388 e. The van der Waals surface area contributed by atoms with Crippen molar-refractivity contribution in [3.63, 3.8) is 0 Å². The maximum atomic E-state index is 12.6. The number of benzene rings is 2. The molecule has 0 bridgehead atoms. The summed E-state index contributed by atoms with van der Waals surface area (Å²) in [5.74, 6) is -0.00298. The van der Waals surface area contributed by atoms with Crippen LogP contribution >= 0.6 is 0 Å². The van der Waals surface area contributed by atoms with Crippen LogP contribution in [-0.2, 0) is 14.8 Å². The lowest BCUT2D eigenvalue weighted by Crippen LogP contribution is -2.45. The summed E-state index contributed by atoms with van der Waals surface area (Å²) in [7, 11) is -0.0765. The highest BCUT2D eigenvalue weighted by atomic mass is 32.2. The molecule has 1 fully saturated rings. The fourth-order valence-electron chi connectivity index (χ4n) is 3.35. The second-order valence-electron chi connectivity index (χ2n) is 7.31. The van der Waals surface area contributed by atoms with Crippen LogP contribution in [0.15, 0.2) is 47.4 Å². The Balaban J connectivity index is 0.000000269. The third kappa shape index (κ3) is 5.87. The molecular formula is C22H29FN2O4S. The van der Waals surface area contributed by atoms with Crippen LogP contribution in [0.3, 0.4) is 0 Å². The highest BCUT2D eigenvalue weighted by molar-refractivity contribution is 7.89. The quantitative estimate of drug-likeness (QED) is 0.723. The van der Waals surface area contributed by atoms with Gasteiger partial charge < -0.3 is 10.1 Å². The van der Waals surface area contributed by atoms with E-state index < -0.39 is 10.0 Å². The first-order valence-corrected chi connectivity index (χ1v) is 11.2. The van der Waals surface area contributed by atoms with Crippen LogP contribution in [0.2, 0.25) is 0 Å². The second-order valence-corrected chi connectivity index (χ2v) is 9.25. The fourth-order valence-corrected chi connectivity index (χ4v) is 4.96. The number of carbonyl (C=O) groups excluding carboxylic acids is 1. The molecule has 3 rings (SSSR count). The Morgan fingerprint density at radius 3 is 2.53 bits per heavy atom. The van der Waals surface area contributed by atoms with Gasteiger partial charge in [-0.25, -0.2) is 12.8 Å². The molecule has 1 saturated heterocycles. The summed E-state index contributed by atoms with van der Waals surface area (Å²) in [5, 5.41) is 2.93. The Labute approximate surface area is 178 Å². The summed E-state index contributed by atoms with van der Waals surface area (Å²) >= 11 is 0. The van der Waals surface area contributed by atoms with E-state index in [0.29, 0.717) is 36.9 Å². The highest BCUT2D eigenvalue weighted by Gasteiger charge is 2.33. The molecule has 30 heavy (non-hydrogen) atoms. The predicted molar refractivity (Wildman–Crippen MR) is 116 cm³/mol. The third-order valence-corrected chi connectivity index (χ3v) is 7.03.